The molecule has 0 radical (unpaired) electrons. The summed E-state index contributed by atoms with van der Waals surface area (Å²) in [6.45, 7) is 0.518. The molecule has 0 atom stereocenters. The van der Waals surface area contributed by atoms with Gasteiger partial charge in [0.25, 0.3) is 5.91 Å². The van der Waals surface area contributed by atoms with Crippen LogP contribution in [0.5, 0.6) is 0 Å². The van der Waals surface area contributed by atoms with Crippen molar-refractivity contribution in [2.75, 3.05) is 6.54 Å². The van der Waals surface area contributed by atoms with Gasteiger partial charge < -0.3 is 5.32 Å². The molecule has 0 aliphatic rings. The lowest BCUT2D eigenvalue weighted by atomic mass is 10.1. The molecular formula is C16H16FNOS. The van der Waals surface area contributed by atoms with Crippen molar-refractivity contribution in [3.63, 3.8) is 0 Å². The zero-order valence-electron chi connectivity index (χ0n) is 11.0. The first kappa shape index (κ1) is 14.6. The van der Waals surface area contributed by atoms with Gasteiger partial charge in [-0.3, -0.25) is 4.79 Å². The molecule has 0 spiro atoms. The Morgan fingerprint density at radius 1 is 1.15 bits per heavy atom. The number of thiol groups is 1. The molecule has 2 rings (SSSR count). The summed E-state index contributed by atoms with van der Waals surface area (Å²) in [4.78, 5) is 12.4. The van der Waals surface area contributed by atoms with E-state index in [1.807, 2.05) is 30.3 Å². The highest BCUT2D eigenvalue weighted by Gasteiger charge is 2.11. The molecule has 1 amide bonds. The normalized spacial score (nSPS) is 10.3. The first-order valence-corrected chi connectivity index (χ1v) is 6.92. The molecule has 104 valence electrons. The fourth-order valence-electron chi connectivity index (χ4n) is 1.92. The molecule has 0 saturated carbocycles. The highest BCUT2D eigenvalue weighted by atomic mass is 32.1. The van der Waals surface area contributed by atoms with E-state index in [1.54, 1.807) is 0 Å². The highest BCUT2D eigenvalue weighted by molar-refractivity contribution is 7.80. The predicted octanol–water partition coefficient (Wildman–Crippen LogP) is 3.48. The van der Waals surface area contributed by atoms with E-state index in [0.29, 0.717) is 11.4 Å². The molecular weight excluding hydrogens is 273 g/mol. The Morgan fingerprint density at radius 3 is 2.65 bits per heavy atom. The van der Waals surface area contributed by atoms with Crippen LogP contribution in [0.25, 0.3) is 0 Å². The van der Waals surface area contributed by atoms with E-state index in [4.69, 9.17) is 0 Å². The van der Waals surface area contributed by atoms with Gasteiger partial charge in [0.15, 0.2) is 0 Å². The van der Waals surface area contributed by atoms with Crippen LogP contribution >= 0.6 is 12.6 Å². The first-order chi connectivity index (χ1) is 9.66. The third-order valence-electron chi connectivity index (χ3n) is 2.97. The van der Waals surface area contributed by atoms with Gasteiger partial charge in [0.2, 0.25) is 0 Å². The number of aryl methyl sites for hydroxylation is 1. The fraction of sp³-hybridized carbons (Fsp3) is 0.188. The minimum atomic E-state index is -0.525. The molecule has 0 bridgehead atoms. The molecule has 2 aromatic rings. The van der Waals surface area contributed by atoms with Crippen molar-refractivity contribution in [3.8, 4) is 0 Å². The highest BCUT2D eigenvalue weighted by Crippen LogP contribution is 2.13. The van der Waals surface area contributed by atoms with Crippen molar-refractivity contribution in [2.45, 2.75) is 17.7 Å². The Labute approximate surface area is 123 Å². The maximum atomic E-state index is 13.5. The van der Waals surface area contributed by atoms with Crippen LogP contribution in [0.2, 0.25) is 0 Å². The SMILES string of the molecule is O=C(NCCCc1ccccc1)c1cc(S)ccc1F. The summed E-state index contributed by atoms with van der Waals surface area (Å²) < 4.78 is 13.5. The van der Waals surface area contributed by atoms with E-state index < -0.39 is 11.7 Å². The minimum absolute atomic E-state index is 0.0391. The summed E-state index contributed by atoms with van der Waals surface area (Å²) in [6.07, 6.45) is 1.70. The quantitative estimate of drug-likeness (QED) is 0.640. The fourth-order valence-corrected chi connectivity index (χ4v) is 2.13. The summed E-state index contributed by atoms with van der Waals surface area (Å²) in [5.74, 6) is -0.921. The molecule has 0 saturated heterocycles. The van der Waals surface area contributed by atoms with Crippen molar-refractivity contribution in [3.05, 3.63) is 65.5 Å². The third kappa shape index (κ3) is 4.10. The summed E-state index contributed by atoms with van der Waals surface area (Å²) in [5.41, 5.74) is 1.27. The molecule has 0 aromatic heterocycles. The van der Waals surface area contributed by atoms with Crippen molar-refractivity contribution < 1.29 is 9.18 Å². The second-order valence-electron chi connectivity index (χ2n) is 4.51. The van der Waals surface area contributed by atoms with E-state index >= 15 is 0 Å². The molecule has 0 aliphatic heterocycles. The number of carbonyl (C=O) groups is 1. The molecule has 4 heteroatoms. The monoisotopic (exact) mass is 289 g/mol. The van der Waals surface area contributed by atoms with Crippen LogP contribution in [0.1, 0.15) is 22.3 Å². The number of amides is 1. The maximum absolute atomic E-state index is 13.5. The van der Waals surface area contributed by atoms with Gasteiger partial charge in [-0.05, 0) is 36.6 Å². The second kappa shape index (κ2) is 7.10. The van der Waals surface area contributed by atoms with Gasteiger partial charge in [-0.25, -0.2) is 4.39 Å². The number of hydrogen-bond donors (Lipinski definition) is 2. The molecule has 0 unspecified atom stereocenters. The standard InChI is InChI=1S/C16H16FNOS/c17-15-9-8-13(20)11-14(15)16(19)18-10-4-7-12-5-2-1-3-6-12/h1-3,5-6,8-9,11,20H,4,7,10H2,(H,18,19). The van der Waals surface area contributed by atoms with E-state index in [1.165, 1.54) is 23.8 Å². The lowest BCUT2D eigenvalue weighted by molar-refractivity contribution is 0.0949. The summed E-state index contributed by atoms with van der Waals surface area (Å²) in [5, 5.41) is 2.72. The molecule has 2 aromatic carbocycles. The Hall–Kier alpha value is -1.81. The zero-order chi connectivity index (χ0) is 14.4. The largest absolute Gasteiger partial charge is 0.352 e. The van der Waals surface area contributed by atoms with Crippen LogP contribution in [0, 0.1) is 5.82 Å². The average Bonchev–Trinajstić information content (AvgIpc) is 2.47. The van der Waals surface area contributed by atoms with Crippen LogP contribution in [0.4, 0.5) is 4.39 Å². The Balaban J connectivity index is 1.82. The number of carbonyl (C=O) groups excluding carboxylic acids is 1. The van der Waals surface area contributed by atoms with Crippen LogP contribution in [0.15, 0.2) is 53.4 Å². The summed E-state index contributed by atoms with van der Waals surface area (Å²) >= 11 is 4.11. The van der Waals surface area contributed by atoms with Crippen molar-refractivity contribution >= 4 is 18.5 Å². The molecule has 0 aliphatic carbocycles. The van der Waals surface area contributed by atoms with Crippen molar-refractivity contribution in [2.24, 2.45) is 0 Å². The summed E-state index contributed by atoms with van der Waals surface area (Å²) in [6, 6.07) is 14.2. The summed E-state index contributed by atoms with van der Waals surface area (Å²) in [7, 11) is 0. The Morgan fingerprint density at radius 2 is 1.90 bits per heavy atom. The van der Waals surface area contributed by atoms with E-state index in [0.717, 1.165) is 12.8 Å². The van der Waals surface area contributed by atoms with Gasteiger partial charge in [-0.2, -0.15) is 0 Å². The van der Waals surface area contributed by atoms with Crippen molar-refractivity contribution in [1.82, 2.24) is 5.32 Å². The van der Waals surface area contributed by atoms with Crippen LogP contribution in [-0.4, -0.2) is 12.5 Å². The second-order valence-corrected chi connectivity index (χ2v) is 5.03. The van der Waals surface area contributed by atoms with E-state index in [2.05, 4.69) is 17.9 Å². The average molecular weight is 289 g/mol. The number of rotatable bonds is 5. The van der Waals surface area contributed by atoms with Crippen molar-refractivity contribution in [1.29, 1.82) is 0 Å². The van der Waals surface area contributed by atoms with Crippen LogP contribution in [-0.2, 0) is 6.42 Å². The molecule has 1 N–H and O–H groups in total. The van der Waals surface area contributed by atoms with Crippen LogP contribution < -0.4 is 5.32 Å². The van der Waals surface area contributed by atoms with E-state index in [9.17, 15) is 9.18 Å². The molecule has 2 nitrogen and oxygen atoms in total. The van der Waals surface area contributed by atoms with Gasteiger partial charge in [-0.15, -0.1) is 12.6 Å². The van der Waals surface area contributed by atoms with Crippen LogP contribution in [0.3, 0.4) is 0 Å². The Kier molecular flexibility index (Phi) is 5.18. The predicted molar refractivity (Wildman–Crippen MR) is 80.7 cm³/mol. The van der Waals surface area contributed by atoms with Gasteiger partial charge in [-0.1, -0.05) is 30.3 Å². The number of halogens is 1. The number of nitrogens with one attached hydrogen (secondary N) is 1. The molecule has 20 heavy (non-hydrogen) atoms. The number of hydrogen-bond acceptors (Lipinski definition) is 2. The Bertz CT molecular complexity index is 586. The lowest BCUT2D eigenvalue weighted by Gasteiger charge is -2.07. The van der Waals surface area contributed by atoms with E-state index in [-0.39, 0.29) is 5.56 Å². The smallest absolute Gasteiger partial charge is 0.254 e. The molecule has 0 fully saturated rings. The van der Waals surface area contributed by atoms with Gasteiger partial charge in [0.05, 0.1) is 5.56 Å². The first-order valence-electron chi connectivity index (χ1n) is 6.47. The lowest BCUT2D eigenvalue weighted by Crippen LogP contribution is -2.25. The van der Waals surface area contributed by atoms with Gasteiger partial charge >= 0.3 is 0 Å². The van der Waals surface area contributed by atoms with Gasteiger partial charge in [0, 0.05) is 11.4 Å². The minimum Gasteiger partial charge on any atom is -0.352 e. The molecule has 0 heterocycles. The third-order valence-corrected chi connectivity index (χ3v) is 3.24. The van der Waals surface area contributed by atoms with Gasteiger partial charge in [0.1, 0.15) is 5.82 Å². The number of benzene rings is 2. The zero-order valence-corrected chi connectivity index (χ0v) is 11.9. The topological polar surface area (TPSA) is 29.1 Å². The maximum Gasteiger partial charge on any atom is 0.254 e.